The average molecular weight is 498 g/mol. The Morgan fingerprint density at radius 1 is 1.05 bits per heavy atom. The number of likely N-dealkylation sites (tertiary alicyclic amines) is 1. The highest BCUT2D eigenvalue weighted by Crippen LogP contribution is 2.48. The third-order valence-corrected chi connectivity index (χ3v) is 7.83. The molecule has 5 rings (SSSR count). The van der Waals surface area contributed by atoms with Crippen molar-refractivity contribution in [1.29, 1.82) is 0 Å². The van der Waals surface area contributed by atoms with Crippen LogP contribution in [0.1, 0.15) is 66.4 Å². The van der Waals surface area contributed by atoms with E-state index >= 15 is 0 Å². The Balaban J connectivity index is 1.24. The van der Waals surface area contributed by atoms with Crippen molar-refractivity contribution in [2.24, 2.45) is 5.73 Å². The summed E-state index contributed by atoms with van der Waals surface area (Å²) in [6.07, 6.45) is 6.33. The van der Waals surface area contributed by atoms with E-state index in [0.717, 1.165) is 51.0 Å². The monoisotopic (exact) mass is 497 g/mol. The minimum atomic E-state index is -0.498. The van der Waals surface area contributed by atoms with Gasteiger partial charge >= 0.3 is 0 Å². The van der Waals surface area contributed by atoms with E-state index in [2.05, 4.69) is 64.1 Å². The van der Waals surface area contributed by atoms with Gasteiger partial charge in [-0.2, -0.15) is 0 Å². The molecule has 2 heterocycles. The molecule has 2 aliphatic rings. The van der Waals surface area contributed by atoms with Gasteiger partial charge in [0.1, 0.15) is 5.82 Å². The first-order chi connectivity index (χ1) is 18.0. The highest BCUT2D eigenvalue weighted by atomic mass is 16.2. The molecule has 1 aliphatic carbocycles. The number of amides is 2. The number of piperidine rings is 1. The van der Waals surface area contributed by atoms with E-state index in [1.807, 2.05) is 24.0 Å². The average Bonchev–Trinajstić information content (AvgIpc) is 3.74. The van der Waals surface area contributed by atoms with E-state index in [9.17, 15) is 9.59 Å². The van der Waals surface area contributed by atoms with E-state index in [0.29, 0.717) is 29.4 Å². The van der Waals surface area contributed by atoms with Crippen LogP contribution < -0.4 is 16.4 Å². The van der Waals surface area contributed by atoms with Gasteiger partial charge in [-0.1, -0.05) is 49.4 Å². The molecule has 0 bridgehead atoms. The number of aromatic nitrogens is 1. The van der Waals surface area contributed by atoms with Crippen LogP contribution in [-0.4, -0.2) is 41.3 Å². The van der Waals surface area contributed by atoms with E-state index in [-0.39, 0.29) is 11.3 Å². The molecule has 7 heteroatoms. The lowest BCUT2D eigenvalue weighted by molar-refractivity contribution is -0.131. The summed E-state index contributed by atoms with van der Waals surface area (Å²) in [6.45, 7) is 4.31. The van der Waals surface area contributed by atoms with Crippen molar-refractivity contribution in [1.82, 2.24) is 9.88 Å². The lowest BCUT2D eigenvalue weighted by atomic mass is 9.89. The minimum absolute atomic E-state index is 0.100. The molecule has 1 saturated carbocycles. The second-order valence-corrected chi connectivity index (χ2v) is 10.2. The largest absolute Gasteiger partial charge is 0.383 e. The van der Waals surface area contributed by atoms with Gasteiger partial charge in [0.15, 0.2) is 0 Å². The summed E-state index contributed by atoms with van der Waals surface area (Å²) in [5.74, 6) is 0.866. The summed E-state index contributed by atoms with van der Waals surface area (Å²) < 4.78 is 0. The number of rotatable bonds is 9. The van der Waals surface area contributed by atoms with Crippen LogP contribution in [0.2, 0.25) is 0 Å². The number of nitrogens with zero attached hydrogens (tertiary/aromatic N) is 2. The van der Waals surface area contributed by atoms with Crippen molar-refractivity contribution in [2.75, 3.05) is 30.3 Å². The second-order valence-electron chi connectivity index (χ2n) is 10.2. The number of anilines is 3. The molecule has 3 aromatic rings. The normalized spacial score (nSPS) is 16.7. The lowest BCUT2D eigenvalue weighted by Gasteiger charge is -2.32. The third kappa shape index (κ3) is 5.61. The van der Waals surface area contributed by atoms with Gasteiger partial charge in [-0.05, 0) is 54.9 Å². The zero-order chi connectivity index (χ0) is 25.8. The predicted octanol–water partition coefficient (Wildman–Crippen LogP) is 5.18. The Hall–Kier alpha value is -3.87. The second kappa shape index (κ2) is 10.6. The molecule has 0 radical (unpaired) electrons. The number of pyridine rings is 1. The fourth-order valence-electron chi connectivity index (χ4n) is 5.31. The number of benzene rings is 2. The number of carbonyl (C=O) groups excluding carboxylic acids is 2. The summed E-state index contributed by atoms with van der Waals surface area (Å²) >= 11 is 0. The molecule has 1 aliphatic heterocycles. The van der Waals surface area contributed by atoms with Gasteiger partial charge in [0.2, 0.25) is 5.91 Å². The van der Waals surface area contributed by atoms with Crippen molar-refractivity contribution < 1.29 is 9.59 Å². The smallest absolute Gasteiger partial charge is 0.252 e. The van der Waals surface area contributed by atoms with Crippen LogP contribution in [0.4, 0.5) is 17.2 Å². The maximum atomic E-state index is 12.1. The molecule has 2 aromatic carbocycles. The molecular weight excluding hydrogens is 462 g/mol. The van der Waals surface area contributed by atoms with E-state index in [1.165, 1.54) is 17.3 Å². The van der Waals surface area contributed by atoms with Crippen molar-refractivity contribution in [3.63, 3.8) is 0 Å². The Bertz CT molecular complexity index is 1250. The fraction of sp³-hybridized carbons (Fsp3) is 0.367. The predicted molar refractivity (Wildman–Crippen MR) is 147 cm³/mol. The van der Waals surface area contributed by atoms with Crippen LogP contribution in [-0.2, 0) is 10.2 Å². The van der Waals surface area contributed by atoms with Gasteiger partial charge in [0.25, 0.3) is 5.91 Å². The number of hydrogen-bond acceptors (Lipinski definition) is 5. The molecule has 1 aromatic heterocycles. The molecule has 37 heavy (non-hydrogen) atoms. The summed E-state index contributed by atoms with van der Waals surface area (Å²) in [5.41, 5.74) is 10.4. The van der Waals surface area contributed by atoms with Crippen molar-refractivity contribution in [3.05, 3.63) is 83.6 Å². The topological polar surface area (TPSA) is 100 Å². The SMILES string of the molecule is CCC(=O)N1CCC(c2ccc(Nc3cc(NCC4(c5ccccc5)CC4)c(C(N)=O)cn3)cc2)CC1. The molecule has 7 nitrogen and oxygen atoms in total. The van der Waals surface area contributed by atoms with Crippen LogP contribution in [0, 0.1) is 0 Å². The molecule has 0 unspecified atom stereocenters. The maximum absolute atomic E-state index is 12.1. The number of nitrogens with two attached hydrogens (primary N) is 1. The molecule has 1 saturated heterocycles. The van der Waals surface area contributed by atoms with Gasteiger partial charge in [0, 0.05) is 49.4 Å². The minimum Gasteiger partial charge on any atom is -0.383 e. The summed E-state index contributed by atoms with van der Waals surface area (Å²) in [5, 5.41) is 6.84. The lowest BCUT2D eigenvalue weighted by Crippen LogP contribution is -2.37. The van der Waals surface area contributed by atoms with E-state index < -0.39 is 5.91 Å². The number of carbonyl (C=O) groups is 2. The Morgan fingerprint density at radius 3 is 2.38 bits per heavy atom. The Kier molecular flexibility index (Phi) is 7.12. The Morgan fingerprint density at radius 2 is 1.76 bits per heavy atom. The van der Waals surface area contributed by atoms with Gasteiger partial charge in [-0.3, -0.25) is 9.59 Å². The molecule has 2 amide bonds. The van der Waals surface area contributed by atoms with Gasteiger partial charge in [0.05, 0.1) is 11.3 Å². The number of hydrogen-bond donors (Lipinski definition) is 3. The van der Waals surface area contributed by atoms with E-state index in [4.69, 9.17) is 5.73 Å². The van der Waals surface area contributed by atoms with Crippen molar-refractivity contribution in [2.45, 2.75) is 50.4 Å². The zero-order valence-electron chi connectivity index (χ0n) is 21.4. The maximum Gasteiger partial charge on any atom is 0.252 e. The summed E-state index contributed by atoms with van der Waals surface area (Å²) in [4.78, 5) is 30.4. The van der Waals surface area contributed by atoms with E-state index in [1.54, 1.807) is 0 Å². The van der Waals surface area contributed by atoms with Gasteiger partial charge < -0.3 is 21.3 Å². The standard InChI is InChI=1S/C30H35N5O2/c1-2-28(36)35-16-12-22(13-17-35)21-8-10-24(11-9-21)34-27-18-26(25(19-32-27)29(31)37)33-20-30(14-15-30)23-6-4-3-5-7-23/h3-11,18-19,22H,2,12-17,20H2,1H3,(H2,31,37)(H2,32,33,34). The molecular formula is C30H35N5O2. The quantitative estimate of drug-likeness (QED) is 0.378. The van der Waals surface area contributed by atoms with Crippen LogP contribution >= 0.6 is 0 Å². The molecule has 0 spiro atoms. The van der Waals surface area contributed by atoms with Crippen molar-refractivity contribution >= 4 is 29.0 Å². The van der Waals surface area contributed by atoms with Gasteiger partial charge in [-0.25, -0.2) is 4.98 Å². The summed E-state index contributed by atoms with van der Waals surface area (Å²) in [6, 6.07) is 20.8. The first-order valence-electron chi connectivity index (χ1n) is 13.2. The Labute approximate surface area is 218 Å². The third-order valence-electron chi connectivity index (χ3n) is 7.83. The highest BCUT2D eigenvalue weighted by Gasteiger charge is 2.44. The highest BCUT2D eigenvalue weighted by molar-refractivity contribution is 5.98. The first-order valence-corrected chi connectivity index (χ1v) is 13.2. The molecule has 0 atom stereocenters. The molecule has 2 fully saturated rings. The van der Waals surface area contributed by atoms with Crippen molar-refractivity contribution in [3.8, 4) is 0 Å². The number of primary amides is 1. The zero-order valence-corrected chi connectivity index (χ0v) is 21.4. The fourth-order valence-corrected chi connectivity index (χ4v) is 5.31. The first kappa shape index (κ1) is 24.8. The number of nitrogens with one attached hydrogen (secondary N) is 2. The summed E-state index contributed by atoms with van der Waals surface area (Å²) in [7, 11) is 0. The van der Waals surface area contributed by atoms with Crippen LogP contribution in [0.5, 0.6) is 0 Å². The molecule has 4 N–H and O–H groups in total. The van der Waals surface area contributed by atoms with Crippen LogP contribution in [0.15, 0.2) is 66.9 Å². The van der Waals surface area contributed by atoms with Gasteiger partial charge in [-0.15, -0.1) is 0 Å². The molecule has 192 valence electrons. The van der Waals surface area contributed by atoms with Crippen LogP contribution in [0.25, 0.3) is 0 Å². The van der Waals surface area contributed by atoms with Crippen LogP contribution in [0.3, 0.4) is 0 Å².